The Morgan fingerprint density at radius 3 is 3.07 bits per heavy atom. The molecule has 0 radical (unpaired) electrons. The highest BCUT2D eigenvalue weighted by molar-refractivity contribution is 7.99. The van der Waals surface area contributed by atoms with Crippen molar-refractivity contribution < 1.29 is 4.39 Å². The summed E-state index contributed by atoms with van der Waals surface area (Å²) in [5, 5.41) is 3.42. The van der Waals surface area contributed by atoms with Crippen molar-refractivity contribution in [3.8, 4) is 0 Å². The number of hydrogen-bond acceptors (Lipinski definition) is 3. The van der Waals surface area contributed by atoms with Crippen molar-refractivity contribution in [1.82, 2.24) is 5.32 Å². The Bertz CT molecular complexity index is 337. The zero-order valence-corrected chi connectivity index (χ0v) is 9.32. The van der Waals surface area contributed by atoms with E-state index in [9.17, 15) is 4.39 Å². The number of rotatable bonds is 3. The van der Waals surface area contributed by atoms with Crippen LogP contribution < -0.4 is 11.1 Å². The minimum Gasteiger partial charge on any atom is -0.398 e. The number of halogens is 1. The molecule has 0 bridgehead atoms. The molecule has 1 aromatic rings. The van der Waals surface area contributed by atoms with Gasteiger partial charge in [0.25, 0.3) is 0 Å². The molecule has 1 heterocycles. The summed E-state index contributed by atoms with van der Waals surface area (Å²) in [4.78, 5) is 0.977. The highest BCUT2D eigenvalue weighted by Gasteiger charge is 2.14. The molecule has 1 fully saturated rings. The average Bonchev–Trinajstić information content (AvgIpc) is 2.69. The highest BCUT2D eigenvalue weighted by Crippen LogP contribution is 2.27. The third-order valence-electron chi connectivity index (χ3n) is 2.57. The monoisotopic (exact) mass is 226 g/mol. The van der Waals surface area contributed by atoms with Crippen molar-refractivity contribution in [3.63, 3.8) is 0 Å². The molecule has 1 atom stereocenters. The fraction of sp³-hybridized carbons (Fsp3) is 0.455. The number of thioether (sulfide) groups is 1. The van der Waals surface area contributed by atoms with E-state index in [1.807, 2.05) is 0 Å². The average molecular weight is 226 g/mol. The summed E-state index contributed by atoms with van der Waals surface area (Å²) in [5.41, 5.74) is 6.26. The second-order valence-electron chi connectivity index (χ2n) is 3.79. The van der Waals surface area contributed by atoms with E-state index in [1.165, 1.54) is 25.0 Å². The number of nitrogens with two attached hydrogens (primary N) is 1. The normalized spacial score (nSPS) is 20.7. The zero-order valence-electron chi connectivity index (χ0n) is 8.50. The minimum absolute atomic E-state index is 0.268. The maximum Gasteiger partial charge on any atom is 0.125 e. The second-order valence-corrected chi connectivity index (χ2v) is 4.85. The van der Waals surface area contributed by atoms with Crippen LogP contribution in [0.1, 0.15) is 12.8 Å². The van der Waals surface area contributed by atoms with Crippen LogP contribution in [0.5, 0.6) is 0 Å². The molecule has 0 aromatic heterocycles. The van der Waals surface area contributed by atoms with Crippen LogP contribution in [0.4, 0.5) is 10.1 Å². The van der Waals surface area contributed by atoms with Crippen molar-refractivity contribution >= 4 is 17.4 Å². The van der Waals surface area contributed by atoms with Crippen LogP contribution in [0.25, 0.3) is 0 Å². The number of hydrogen-bond donors (Lipinski definition) is 2. The van der Waals surface area contributed by atoms with Crippen LogP contribution in [-0.4, -0.2) is 18.3 Å². The first-order valence-electron chi connectivity index (χ1n) is 5.17. The van der Waals surface area contributed by atoms with Crippen LogP contribution in [-0.2, 0) is 0 Å². The molecule has 4 heteroatoms. The van der Waals surface area contributed by atoms with Gasteiger partial charge in [-0.3, -0.25) is 0 Å². The van der Waals surface area contributed by atoms with Crippen molar-refractivity contribution in [2.45, 2.75) is 23.8 Å². The highest BCUT2D eigenvalue weighted by atomic mass is 32.2. The van der Waals surface area contributed by atoms with E-state index in [0.29, 0.717) is 11.7 Å². The molecular weight excluding hydrogens is 211 g/mol. The van der Waals surface area contributed by atoms with Crippen LogP contribution in [0.15, 0.2) is 23.1 Å². The maximum absolute atomic E-state index is 12.8. The third kappa shape index (κ3) is 2.86. The summed E-state index contributed by atoms with van der Waals surface area (Å²) in [5.74, 6) is 0.742. The fourth-order valence-electron chi connectivity index (χ4n) is 1.74. The lowest BCUT2D eigenvalue weighted by Gasteiger charge is -2.10. The first-order chi connectivity index (χ1) is 7.25. The van der Waals surface area contributed by atoms with Crippen molar-refractivity contribution in [2.75, 3.05) is 18.0 Å². The Morgan fingerprint density at radius 2 is 2.40 bits per heavy atom. The fourth-order valence-corrected chi connectivity index (χ4v) is 2.80. The van der Waals surface area contributed by atoms with Crippen LogP contribution in [0, 0.1) is 5.82 Å². The second kappa shape index (κ2) is 4.86. The molecule has 2 rings (SSSR count). The lowest BCUT2D eigenvalue weighted by Crippen LogP contribution is -2.23. The molecule has 1 aliphatic rings. The Kier molecular flexibility index (Phi) is 3.49. The van der Waals surface area contributed by atoms with E-state index in [4.69, 9.17) is 5.73 Å². The molecule has 82 valence electrons. The van der Waals surface area contributed by atoms with Gasteiger partial charge in [-0.1, -0.05) is 0 Å². The number of benzene rings is 1. The zero-order chi connectivity index (χ0) is 10.7. The first-order valence-corrected chi connectivity index (χ1v) is 6.15. The quantitative estimate of drug-likeness (QED) is 0.613. The van der Waals surface area contributed by atoms with E-state index < -0.39 is 0 Å². The molecular formula is C11H15FN2S. The summed E-state index contributed by atoms with van der Waals surface area (Å²) in [6.07, 6.45) is 2.48. The SMILES string of the molecule is Nc1cc(F)ccc1SC[C@H]1CCCN1. The Morgan fingerprint density at radius 1 is 1.53 bits per heavy atom. The Labute approximate surface area is 93.4 Å². The van der Waals surface area contributed by atoms with Crippen molar-refractivity contribution in [3.05, 3.63) is 24.0 Å². The predicted octanol–water partition coefficient (Wildman–Crippen LogP) is 2.25. The molecule has 15 heavy (non-hydrogen) atoms. The van der Waals surface area contributed by atoms with Gasteiger partial charge in [0, 0.05) is 22.4 Å². The Hall–Kier alpha value is -0.740. The largest absolute Gasteiger partial charge is 0.398 e. The summed E-state index contributed by atoms with van der Waals surface area (Å²) in [6, 6.07) is 5.18. The van der Waals surface area contributed by atoms with Crippen LogP contribution in [0.3, 0.4) is 0 Å². The third-order valence-corrected chi connectivity index (χ3v) is 3.83. The molecule has 1 saturated heterocycles. The summed E-state index contributed by atoms with van der Waals surface area (Å²) in [7, 11) is 0. The maximum atomic E-state index is 12.8. The minimum atomic E-state index is -0.268. The topological polar surface area (TPSA) is 38.0 Å². The van der Waals surface area contributed by atoms with Crippen LogP contribution >= 0.6 is 11.8 Å². The van der Waals surface area contributed by atoms with Gasteiger partial charge in [0.2, 0.25) is 0 Å². The van der Waals surface area contributed by atoms with Crippen molar-refractivity contribution in [1.29, 1.82) is 0 Å². The first kappa shape index (κ1) is 10.8. The van der Waals surface area contributed by atoms with Gasteiger partial charge in [0.05, 0.1) is 0 Å². The molecule has 0 aliphatic carbocycles. The van der Waals surface area contributed by atoms with Gasteiger partial charge in [0.15, 0.2) is 0 Å². The van der Waals surface area contributed by atoms with Gasteiger partial charge in [-0.25, -0.2) is 4.39 Å². The van der Waals surface area contributed by atoms with Gasteiger partial charge >= 0.3 is 0 Å². The molecule has 1 aromatic carbocycles. The van der Waals surface area contributed by atoms with Gasteiger partial charge in [-0.15, -0.1) is 11.8 Å². The van der Waals surface area contributed by atoms with E-state index in [2.05, 4.69) is 5.32 Å². The summed E-state index contributed by atoms with van der Waals surface area (Å²) >= 11 is 1.70. The molecule has 0 saturated carbocycles. The van der Waals surface area contributed by atoms with Gasteiger partial charge in [0.1, 0.15) is 5.82 Å². The predicted molar refractivity (Wildman–Crippen MR) is 62.6 cm³/mol. The molecule has 0 unspecified atom stereocenters. The summed E-state index contributed by atoms with van der Waals surface area (Å²) < 4.78 is 12.8. The van der Waals surface area contributed by atoms with Gasteiger partial charge < -0.3 is 11.1 Å². The Balaban J connectivity index is 1.92. The van der Waals surface area contributed by atoms with E-state index in [0.717, 1.165) is 17.2 Å². The molecule has 2 nitrogen and oxygen atoms in total. The van der Waals surface area contributed by atoms with Gasteiger partial charge in [-0.2, -0.15) is 0 Å². The molecule has 0 amide bonds. The molecule has 1 aliphatic heterocycles. The number of anilines is 1. The van der Waals surface area contributed by atoms with E-state index in [-0.39, 0.29) is 5.82 Å². The van der Waals surface area contributed by atoms with Crippen LogP contribution in [0.2, 0.25) is 0 Å². The van der Waals surface area contributed by atoms with E-state index in [1.54, 1.807) is 17.8 Å². The standard InChI is InChI=1S/C11H15FN2S/c12-8-3-4-11(10(13)6-8)15-7-9-2-1-5-14-9/h3-4,6,9,14H,1-2,5,7,13H2/t9-/m1/s1. The summed E-state index contributed by atoms with van der Waals surface area (Å²) in [6.45, 7) is 1.12. The van der Waals surface area contributed by atoms with Gasteiger partial charge in [-0.05, 0) is 37.6 Å². The van der Waals surface area contributed by atoms with Crippen molar-refractivity contribution in [2.24, 2.45) is 0 Å². The van der Waals surface area contributed by atoms with E-state index >= 15 is 0 Å². The lowest BCUT2D eigenvalue weighted by atomic mass is 10.3. The lowest BCUT2D eigenvalue weighted by molar-refractivity contribution is 0.627. The number of nitrogens with one attached hydrogen (secondary N) is 1. The molecule has 3 N–H and O–H groups in total. The smallest absolute Gasteiger partial charge is 0.125 e. The molecule has 0 spiro atoms. The number of nitrogen functional groups attached to an aromatic ring is 1.